The van der Waals surface area contributed by atoms with E-state index in [2.05, 4.69) is 11.7 Å². The molecule has 0 spiro atoms. The third kappa shape index (κ3) is 1.97. The topological polar surface area (TPSA) is 52.3 Å². The molecule has 0 aromatic heterocycles. The summed E-state index contributed by atoms with van der Waals surface area (Å²) in [5.41, 5.74) is 5.95. The van der Waals surface area contributed by atoms with Gasteiger partial charge in [0.1, 0.15) is 6.04 Å². The number of carbonyl (C=O) groups excluding carboxylic acids is 1. The molecule has 0 bridgehead atoms. The number of hydrogen-bond donors (Lipinski definition) is 1. The minimum absolute atomic E-state index is 0.289. The second-order valence-corrected chi connectivity index (χ2v) is 4.00. The van der Waals surface area contributed by atoms with Gasteiger partial charge in [0.2, 0.25) is 0 Å². The lowest BCUT2D eigenvalue weighted by Crippen LogP contribution is -2.39. The van der Waals surface area contributed by atoms with Crippen molar-refractivity contribution in [3.05, 3.63) is 0 Å². The van der Waals surface area contributed by atoms with E-state index in [9.17, 15) is 4.79 Å². The Kier molecular flexibility index (Phi) is 2.73. The molecule has 1 rings (SSSR count). The van der Waals surface area contributed by atoms with E-state index in [1.54, 1.807) is 0 Å². The van der Waals surface area contributed by atoms with Crippen molar-refractivity contribution in [1.29, 1.82) is 0 Å². The molecule has 0 unspecified atom stereocenters. The molecule has 0 radical (unpaired) electrons. The van der Waals surface area contributed by atoms with E-state index in [0.717, 1.165) is 6.42 Å². The predicted molar refractivity (Wildman–Crippen MR) is 46.6 cm³/mol. The van der Waals surface area contributed by atoms with Crippen molar-refractivity contribution < 1.29 is 9.53 Å². The highest BCUT2D eigenvalue weighted by Crippen LogP contribution is 2.43. The largest absolute Gasteiger partial charge is 0.468 e. The van der Waals surface area contributed by atoms with Crippen LogP contribution in [0.5, 0.6) is 0 Å². The van der Waals surface area contributed by atoms with E-state index in [1.165, 1.54) is 26.4 Å². The zero-order valence-corrected chi connectivity index (χ0v) is 7.80. The molecule has 0 saturated heterocycles. The van der Waals surface area contributed by atoms with Crippen molar-refractivity contribution in [2.75, 3.05) is 7.11 Å². The molecule has 0 amide bonds. The van der Waals surface area contributed by atoms with Crippen LogP contribution in [0.1, 0.15) is 32.6 Å². The van der Waals surface area contributed by atoms with Crippen molar-refractivity contribution in [2.45, 2.75) is 38.6 Å². The van der Waals surface area contributed by atoms with E-state index in [-0.39, 0.29) is 5.97 Å². The minimum Gasteiger partial charge on any atom is -0.468 e. The summed E-state index contributed by atoms with van der Waals surface area (Å²) in [6.07, 6.45) is 4.42. The van der Waals surface area contributed by atoms with Gasteiger partial charge in [0.05, 0.1) is 7.11 Å². The zero-order valence-electron chi connectivity index (χ0n) is 7.80. The van der Waals surface area contributed by atoms with Crippen molar-refractivity contribution in [3.63, 3.8) is 0 Å². The SMILES string of the molecule is COC(=O)[C@@H](N)CC1(C)CCC1. The van der Waals surface area contributed by atoms with Gasteiger partial charge in [-0.2, -0.15) is 0 Å². The van der Waals surface area contributed by atoms with Gasteiger partial charge in [0.25, 0.3) is 0 Å². The number of hydrogen-bond acceptors (Lipinski definition) is 3. The highest BCUT2D eigenvalue weighted by atomic mass is 16.5. The number of carbonyl (C=O) groups is 1. The van der Waals surface area contributed by atoms with Crippen LogP contribution in [0.3, 0.4) is 0 Å². The second kappa shape index (κ2) is 3.44. The van der Waals surface area contributed by atoms with Gasteiger partial charge in [0.15, 0.2) is 0 Å². The van der Waals surface area contributed by atoms with Gasteiger partial charge < -0.3 is 10.5 Å². The normalized spacial score (nSPS) is 22.6. The Bertz CT molecular complexity index is 175. The first-order valence-electron chi connectivity index (χ1n) is 4.41. The van der Waals surface area contributed by atoms with Crippen molar-refractivity contribution in [1.82, 2.24) is 0 Å². The van der Waals surface area contributed by atoms with Gasteiger partial charge in [0, 0.05) is 0 Å². The monoisotopic (exact) mass is 171 g/mol. The number of methoxy groups -OCH3 is 1. The molecular formula is C9H17NO2. The molecule has 0 aromatic rings. The summed E-state index contributed by atoms with van der Waals surface area (Å²) in [6.45, 7) is 2.18. The Balaban J connectivity index is 2.34. The van der Waals surface area contributed by atoms with E-state index >= 15 is 0 Å². The minimum atomic E-state index is -0.430. The highest BCUT2D eigenvalue weighted by molar-refractivity contribution is 5.75. The molecule has 3 nitrogen and oxygen atoms in total. The van der Waals surface area contributed by atoms with E-state index < -0.39 is 6.04 Å². The molecule has 1 saturated carbocycles. The van der Waals surface area contributed by atoms with Gasteiger partial charge in [-0.05, 0) is 24.7 Å². The summed E-state index contributed by atoms with van der Waals surface area (Å²) in [7, 11) is 1.38. The van der Waals surface area contributed by atoms with E-state index in [0.29, 0.717) is 5.41 Å². The molecule has 1 fully saturated rings. The van der Waals surface area contributed by atoms with Gasteiger partial charge in [-0.25, -0.2) is 0 Å². The number of esters is 1. The Hall–Kier alpha value is -0.570. The summed E-state index contributed by atoms with van der Waals surface area (Å²) in [5, 5.41) is 0. The standard InChI is InChI=1S/C9H17NO2/c1-9(4-3-5-9)6-7(10)8(11)12-2/h7H,3-6,10H2,1-2H3/t7-/m0/s1. The molecule has 1 atom stereocenters. The number of nitrogens with two attached hydrogens (primary N) is 1. The molecular weight excluding hydrogens is 154 g/mol. The van der Waals surface area contributed by atoms with E-state index in [1.807, 2.05) is 0 Å². The van der Waals surface area contributed by atoms with Crippen molar-refractivity contribution in [2.24, 2.45) is 11.1 Å². The number of rotatable bonds is 3. The summed E-state index contributed by atoms with van der Waals surface area (Å²) in [4.78, 5) is 11.0. The molecule has 1 aliphatic rings. The van der Waals surface area contributed by atoms with Gasteiger partial charge >= 0.3 is 5.97 Å². The molecule has 3 heteroatoms. The third-order valence-electron chi connectivity index (χ3n) is 2.78. The fourth-order valence-corrected chi connectivity index (χ4v) is 1.75. The Morgan fingerprint density at radius 2 is 2.25 bits per heavy atom. The maximum absolute atomic E-state index is 11.0. The molecule has 12 heavy (non-hydrogen) atoms. The van der Waals surface area contributed by atoms with Crippen LogP contribution in [0.2, 0.25) is 0 Å². The maximum atomic E-state index is 11.0. The van der Waals surface area contributed by atoms with Crippen LogP contribution in [0.25, 0.3) is 0 Å². The average molecular weight is 171 g/mol. The van der Waals surface area contributed by atoms with Crippen LogP contribution >= 0.6 is 0 Å². The van der Waals surface area contributed by atoms with Crippen LogP contribution in [-0.2, 0) is 9.53 Å². The van der Waals surface area contributed by atoms with Crippen LogP contribution in [0.15, 0.2) is 0 Å². The molecule has 2 N–H and O–H groups in total. The van der Waals surface area contributed by atoms with Gasteiger partial charge in [-0.1, -0.05) is 13.3 Å². The molecule has 70 valence electrons. The van der Waals surface area contributed by atoms with Crippen LogP contribution in [0, 0.1) is 5.41 Å². The number of ether oxygens (including phenoxy) is 1. The zero-order chi connectivity index (χ0) is 9.19. The maximum Gasteiger partial charge on any atom is 0.322 e. The first-order valence-corrected chi connectivity index (χ1v) is 4.41. The van der Waals surface area contributed by atoms with Crippen LogP contribution < -0.4 is 5.73 Å². The summed E-state index contributed by atoms with van der Waals surface area (Å²) in [6, 6.07) is -0.430. The van der Waals surface area contributed by atoms with Gasteiger partial charge in [-0.15, -0.1) is 0 Å². The van der Waals surface area contributed by atoms with Crippen LogP contribution in [0.4, 0.5) is 0 Å². The van der Waals surface area contributed by atoms with E-state index in [4.69, 9.17) is 5.73 Å². The third-order valence-corrected chi connectivity index (χ3v) is 2.78. The van der Waals surface area contributed by atoms with Crippen LogP contribution in [-0.4, -0.2) is 19.1 Å². The lowest BCUT2D eigenvalue weighted by molar-refractivity contribution is -0.143. The summed E-state index contributed by atoms with van der Waals surface area (Å²) < 4.78 is 4.56. The average Bonchev–Trinajstić information content (AvgIpc) is 2.00. The lowest BCUT2D eigenvalue weighted by atomic mass is 9.67. The lowest BCUT2D eigenvalue weighted by Gasteiger charge is -2.39. The Labute approximate surface area is 73.3 Å². The molecule has 0 aromatic carbocycles. The Morgan fingerprint density at radius 3 is 2.58 bits per heavy atom. The fraction of sp³-hybridized carbons (Fsp3) is 0.889. The summed E-state index contributed by atoms with van der Waals surface area (Å²) >= 11 is 0. The fourth-order valence-electron chi connectivity index (χ4n) is 1.75. The molecule has 0 heterocycles. The Morgan fingerprint density at radius 1 is 1.67 bits per heavy atom. The van der Waals surface area contributed by atoms with Crippen molar-refractivity contribution >= 4 is 5.97 Å². The second-order valence-electron chi connectivity index (χ2n) is 4.00. The smallest absolute Gasteiger partial charge is 0.322 e. The first-order chi connectivity index (χ1) is 5.57. The highest BCUT2D eigenvalue weighted by Gasteiger charge is 2.35. The first kappa shape index (κ1) is 9.52. The molecule has 1 aliphatic carbocycles. The molecule has 0 aliphatic heterocycles. The predicted octanol–water partition coefficient (Wildman–Crippen LogP) is 1.07. The van der Waals surface area contributed by atoms with Crippen molar-refractivity contribution in [3.8, 4) is 0 Å². The van der Waals surface area contributed by atoms with Gasteiger partial charge in [-0.3, -0.25) is 4.79 Å². The quantitative estimate of drug-likeness (QED) is 0.646. The summed E-state index contributed by atoms with van der Waals surface area (Å²) in [5.74, 6) is -0.289.